The zero-order valence-corrected chi connectivity index (χ0v) is 20.2. The van der Waals surface area contributed by atoms with Crippen molar-refractivity contribution in [1.29, 1.82) is 0 Å². The van der Waals surface area contributed by atoms with E-state index in [1.807, 2.05) is 24.3 Å². The molecular weight excluding hydrogens is 496 g/mol. The number of Topliss-reactive ketones (excluding diaryl/α,β-unsaturated/α-hetero) is 1. The molecule has 0 aliphatic rings. The molecule has 0 saturated carbocycles. The number of nitro benzene ring substituents is 1. The molecule has 0 fully saturated rings. The van der Waals surface area contributed by atoms with Gasteiger partial charge in [0, 0.05) is 17.7 Å². The Hall–Kier alpha value is -4.41. The lowest BCUT2D eigenvalue weighted by molar-refractivity contribution is -0.384. The first kappa shape index (κ1) is 25.7. The van der Waals surface area contributed by atoms with Crippen molar-refractivity contribution in [3.63, 3.8) is 0 Å². The molecule has 4 aromatic carbocycles. The molecule has 1 N–H and O–H groups in total. The number of carbonyl (C=O) groups excluding carboxylic acids is 1. The molecule has 1 atom stereocenters. The summed E-state index contributed by atoms with van der Waals surface area (Å²) in [6, 6.07) is 23.2. The average Bonchev–Trinajstić information content (AvgIpc) is 2.90. The molecule has 0 radical (unpaired) electrons. The maximum Gasteiger partial charge on any atom is 0.322 e. The first-order valence-electron chi connectivity index (χ1n) is 11.2. The zero-order chi connectivity index (χ0) is 26.6. The quantitative estimate of drug-likeness (QED) is 0.188. The standard InChI is InChI=1S/C27H22N2O7S/c30-26(22-11-10-20-8-4-5-9-21(20)17-22)18-28(25(27(31)32)16-19-6-2-1-3-7-19)37(35,36)24-14-12-23(13-15-24)29(33)34/h1-15,17,25H,16,18H2,(H,31,32)/t25-/m0/s1. The Bertz CT molecular complexity index is 1570. The van der Waals surface area contributed by atoms with Crippen molar-refractivity contribution in [2.45, 2.75) is 17.4 Å². The number of carboxylic acid groups (broad SMARTS) is 1. The highest BCUT2D eigenvalue weighted by Crippen LogP contribution is 2.24. The van der Waals surface area contributed by atoms with E-state index in [-0.39, 0.29) is 22.6 Å². The Morgan fingerprint density at radius 2 is 1.49 bits per heavy atom. The lowest BCUT2D eigenvalue weighted by Crippen LogP contribution is -2.48. The third-order valence-electron chi connectivity index (χ3n) is 5.93. The van der Waals surface area contributed by atoms with E-state index in [1.165, 1.54) is 0 Å². The van der Waals surface area contributed by atoms with E-state index < -0.39 is 39.3 Å². The molecule has 0 aliphatic carbocycles. The van der Waals surface area contributed by atoms with Crippen LogP contribution in [0.5, 0.6) is 0 Å². The normalized spacial score (nSPS) is 12.4. The SMILES string of the molecule is O=C(CN([C@@H](Cc1ccccc1)C(=O)O)S(=O)(=O)c1ccc([N+](=O)[O-])cc1)c1ccc2ccccc2c1. The Balaban J connectivity index is 1.75. The van der Waals surface area contributed by atoms with Crippen LogP contribution in [-0.2, 0) is 21.2 Å². The average molecular weight is 519 g/mol. The second-order valence-electron chi connectivity index (χ2n) is 8.33. The van der Waals surface area contributed by atoms with Crippen molar-refractivity contribution < 1.29 is 28.0 Å². The van der Waals surface area contributed by atoms with E-state index in [1.54, 1.807) is 48.5 Å². The smallest absolute Gasteiger partial charge is 0.322 e. The number of nitro groups is 1. The summed E-state index contributed by atoms with van der Waals surface area (Å²) in [6.07, 6.45) is -0.187. The van der Waals surface area contributed by atoms with Crippen LogP contribution in [0.2, 0.25) is 0 Å². The molecule has 0 aromatic heterocycles. The summed E-state index contributed by atoms with van der Waals surface area (Å²) in [6.45, 7) is -0.735. The Labute approximate surface area is 212 Å². The molecule has 0 heterocycles. The van der Waals surface area contributed by atoms with E-state index in [4.69, 9.17) is 0 Å². The minimum atomic E-state index is -4.54. The van der Waals surface area contributed by atoms with Crippen LogP contribution < -0.4 is 0 Å². The van der Waals surface area contributed by atoms with Crippen molar-refractivity contribution in [1.82, 2.24) is 4.31 Å². The summed E-state index contributed by atoms with van der Waals surface area (Å²) in [4.78, 5) is 35.6. The van der Waals surface area contributed by atoms with E-state index in [0.717, 1.165) is 35.0 Å². The maximum atomic E-state index is 13.7. The molecule has 37 heavy (non-hydrogen) atoms. The van der Waals surface area contributed by atoms with Crippen molar-refractivity contribution in [2.75, 3.05) is 6.54 Å². The Morgan fingerprint density at radius 3 is 2.11 bits per heavy atom. The van der Waals surface area contributed by atoms with Gasteiger partial charge in [-0.2, -0.15) is 4.31 Å². The molecule has 0 spiro atoms. The predicted octanol–water partition coefficient (Wildman–Crippen LogP) is 4.32. The summed E-state index contributed by atoms with van der Waals surface area (Å²) >= 11 is 0. The minimum Gasteiger partial charge on any atom is -0.480 e. The van der Waals surface area contributed by atoms with Crippen LogP contribution in [-0.4, -0.2) is 47.1 Å². The van der Waals surface area contributed by atoms with E-state index in [0.29, 0.717) is 9.87 Å². The number of rotatable bonds is 10. The highest BCUT2D eigenvalue weighted by molar-refractivity contribution is 7.89. The topological polar surface area (TPSA) is 135 Å². The van der Waals surface area contributed by atoms with Gasteiger partial charge in [0.25, 0.3) is 5.69 Å². The molecule has 0 amide bonds. The van der Waals surface area contributed by atoms with Crippen LogP contribution in [0, 0.1) is 10.1 Å². The van der Waals surface area contributed by atoms with E-state index >= 15 is 0 Å². The van der Waals surface area contributed by atoms with Crippen LogP contribution in [0.25, 0.3) is 10.8 Å². The molecule has 0 unspecified atom stereocenters. The van der Waals surface area contributed by atoms with Crippen molar-refractivity contribution in [3.05, 3.63) is 118 Å². The van der Waals surface area contributed by atoms with Gasteiger partial charge in [0.15, 0.2) is 5.78 Å². The molecule has 9 nitrogen and oxygen atoms in total. The van der Waals surface area contributed by atoms with Gasteiger partial charge < -0.3 is 5.11 Å². The van der Waals surface area contributed by atoms with Crippen LogP contribution in [0.1, 0.15) is 15.9 Å². The lowest BCUT2D eigenvalue weighted by Gasteiger charge is -2.28. The van der Waals surface area contributed by atoms with Crippen LogP contribution in [0.15, 0.2) is 102 Å². The number of nitrogens with zero attached hydrogens (tertiary/aromatic N) is 2. The van der Waals surface area contributed by atoms with Crippen LogP contribution in [0.4, 0.5) is 5.69 Å². The summed E-state index contributed by atoms with van der Waals surface area (Å²) in [5.41, 5.74) is 0.472. The largest absolute Gasteiger partial charge is 0.480 e. The van der Waals surface area contributed by atoms with Gasteiger partial charge >= 0.3 is 5.97 Å². The van der Waals surface area contributed by atoms with Gasteiger partial charge in [0.05, 0.1) is 16.4 Å². The number of aliphatic carboxylic acids is 1. The Kier molecular flexibility index (Phi) is 7.42. The fourth-order valence-electron chi connectivity index (χ4n) is 3.98. The predicted molar refractivity (Wildman–Crippen MR) is 137 cm³/mol. The molecule has 10 heteroatoms. The molecule has 0 bridgehead atoms. The Morgan fingerprint density at radius 1 is 0.865 bits per heavy atom. The minimum absolute atomic E-state index is 0.187. The van der Waals surface area contributed by atoms with Gasteiger partial charge in [-0.25, -0.2) is 8.42 Å². The number of carbonyl (C=O) groups is 2. The number of benzene rings is 4. The molecular formula is C27H22N2O7S. The van der Waals surface area contributed by atoms with Crippen molar-refractivity contribution in [3.8, 4) is 0 Å². The fraction of sp³-hybridized carbons (Fsp3) is 0.111. The van der Waals surface area contributed by atoms with Crippen LogP contribution in [0.3, 0.4) is 0 Å². The zero-order valence-electron chi connectivity index (χ0n) is 19.4. The number of hydrogen-bond acceptors (Lipinski definition) is 6. The first-order chi connectivity index (χ1) is 17.7. The van der Waals surface area contributed by atoms with Gasteiger partial charge in [-0.15, -0.1) is 0 Å². The third-order valence-corrected chi connectivity index (χ3v) is 7.80. The highest BCUT2D eigenvalue weighted by Gasteiger charge is 2.38. The number of hydrogen-bond donors (Lipinski definition) is 1. The van der Waals surface area contributed by atoms with Gasteiger partial charge in [-0.1, -0.05) is 66.7 Å². The number of carboxylic acids is 1. The summed E-state index contributed by atoms with van der Waals surface area (Å²) in [5.74, 6) is -2.02. The molecule has 4 rings (SSSR count). The van der Waals surface area contributed by atoms with Crippen molar-refractivity contribution >= 4 is 38.2 Å². The van der Waals surface area contributed by atoms with Gasteiger partial charge in [-0.3, -0.25) is 19.7 Å². The second-order valence-corrected chi connectivity index (χ2v) is 10.2. The van der Waals surface area contributed by atoms with Gasteiger partial charge in [0.2, 0.25) is 10.0 Å². The fourth-order valence-corrected chi connectivity index (χ4v) is 5.52. The van der Waals surface area contributed by atoms with E-state index in [2.05, 4.69) is 0 Å². The monoisotopic (exact) mass is 518 g/mol. The summed E-state index contributed by atoms with van der Waals surface area (Å²) in [5, 5.41) is 22.7. The number of sulfonamides is 1. The second kappa shape index (κ2) is 10.7. The maximum absolute atomic E-state index is 13.7. The van der Waals surface area contributed by atoms with E-state index in [9.17, 15) is 33.2 Å². The number of fused-ring (bicyclic) bond motifs is 1. The first-order valence-corrected chi connectivity index (χ1v) is 12.7. The van der Waals surface area contributed by atoms with Gasteiger partial charge in [0.1, 0.15) is 6.04 Å². The van der Waals surface area contributed by atoms with Gasteiger partial charge in [-0.05, 0) is 41.0 Å². The van der Waals surface area contributed by atoms with Crippen LogP contribution >= 0.6 is 0 Å². The number of ketones is 1. The molecule has 0 saturated heterocycles. The number of non-ortho nitro benzene ring substituents is 1. The third kappa shape index (κ3) is 5.71. The van der Waals surface area contributed by atoms with Crippen molar-refractivity contribution in [2.24, 2.45) is 0 Å². The lowest BCUT2D eigenvalue weighted by atomic mass is 10.0. The molecule has 4 aromatic rings. The highest BCUT2D eigenvalue weighted by atomic mass is 32.2. The molecule has 0 aliphatic heterocycles. The summed E-state index contributed by atoms with van der Waals surface area (Å²) in [7, 11) is -4.54. The summed E-state index contributed by atoms with van der Waals surface area (Å²) < 4.78 is 28.0. The molecule has 188 valence electrons.